The Bertz CT molecular complexity index is 235. The Morgan fingerprint density at radius 2 is 2.46 bits per heavy atom. The van der Waals surface area contributed by atoms with Gasteiger partial charge in [-0.15, -0.1) is 0 Å². The highest BCUT2D eigenvalue weighted by Gasteiger charge is 1.96. The van der Waals surface area contributed by atoms with Crippen molar-refractivity contribution >= 4 is 0 Å². The average molecular weight is 183 g/mol. The summed E-state index contributed by atoms with van der Waals surface area (Å²) in [5.41, 5.74) is 1.13. The first kappa shape index (κ1) is 10.2. The van der Waals surface area contributed by atoms with Crippen molar-refractivity contribution in [2.24, 2.45) is 0 Å². The molecule has 0 unspecified atom stereocenters. The number of H-pyrrole nitrogens is 1. The van der Waals surface area contributed by atoms with Crippen LogP contribution >= 0.6 is 0 Å². The number of hydrogen-bond donors (Lipinski definition) is 2. The van der Waals surface area contributed by atoms with Crippen LogP contribution in [0.4, 0.5) is 0 Å². The molecule has 4 nitrogen and oxygen atoms in total. The van der Waals surface area contributed by atoms with Crippen LogP contribution < -0.4 is 5.32 Å². The Kier molecular flexibility index (Phi) is 4.49. The van der Waals surface area contributed by atoms with Crippen molar-refractivity contribution in [1.29, 1.82) is 0 Å². The number of hydrogen-bond acceptors (Lipinski definition) is 3. The fourth-order valence-electron chi connectivity index (χ4n) is 1.07. The van der Waals surface area contributed by atoms with Gasteiger partial charge in [0.2, 0.25) is 0 Å². The molecule has 0 aliphatic heterocycles. The topological polar surface area (TPSA) is 49.9 Å². The van der Waals surface area contributed by atoms with Crippen LogP contribution in [0.2, 0.25) is 0 Å². The molecule has 0 atom stereocenters. The minimum atomic E-state index is 0.745. The molecule has 0 fully saturated rings. The third kappa shape index (κ3) is 3.57. The normalized spacial score (nSPS) is 10.6. The molecule has 1 aromatic heterocycles. The highest BCUT2D eigenvalue weighted by Crippen LogP contribution is 1.96. The molecule has 0 bridgehead atoms. The second kappa shape index (κ2) is 5.72. The lowest BCUT2D eigenvalue weighted by molar-refractivity contribution is 0.199. The third-order valence-electron chi connectivity index (χ3n) is 1.81. The van der Waals surface area contributed by atoms with E-state index in [1.54, 1.807) is 7.11 Å². The summed E-state index contributed by atoms with van der Waals surface area (Å²) in [6.45, 7) is 4.53. The SMILES string of the molecule is CCc1ncc(CNCCOC)[nH]1. The monoisotopic (exact) mass is 183 g/mol. The molecule has 4 heteroatoms. The molecule has 0 spiro atoms. The number of imidazole rings is 1. The molecular weight excluding hydrogens is 166 g/mol. The minimum absolute atomic E-state index is 0.745. The molecule has 0 radical (unpaired) electrons. The van der Waals surface area contributed by atoms with Gasteiger partial charge >= 0.3 is 0 Å². The molecule has 74 valence electrons. The number of nitrogens with zero attached hydrogens (tertiary/aromatic N) is 1. The number of nitrogens with one attached hydrogen (secondary N) is 2. The maximum atomic E-state index is 4.92. The van der Waals surface area contributed by atoms with Crippen LogP contribution in [-0.4, -0.2) is 30.2 Å². The highest BCUT2D eigenvalue weighted by atomic mass is 16.5. The Hall–Kier alpha value is -0.870. The molecule has 1 heterocycles. The van der Waals surface area contributed by atoms with Crippen molar-refractivity contribution < 1.29 is 4.74 Å². The number of methoxy groups -OCH3 is 1. The molecule has 13 heavy (non-hydrogen) atoms. The number of aromatic amines is 1. The van der Waals surface area contributed by atoms with Crippen molar-refractivity contribution in [1.82, 2.24) is 15.3 Å². The number of rotatable bonds is 6. The molecule has 2 N–H and O–H groups in total. The summed E-state index contributed by atoms with van der Waals surface area (Å²) in [7, 11) is 1.70. The van der Waals surface area contributed by atoms with E-state index in [-0.39, 0.29) is 0 Å². The van der Waals surface area contributed by atoms with Crippen LogP contribution in [0, 0.1) is 0 Å². The van der Waals surface area contributed by atoms with Gasteiger partial charge in [0.15, 0.2) is 0 Å². The standard InChI is InChI=1S/C9H17N3O/c1-3-9-11-7-8(12-9)6-10-4-5-13-2/h7,10H,3-6H2,1-2H3,(H,11,12). The van der Waals surface area contributed by atoms with Crippen molar-refractivity contribution in [3.05, 3.63) is 17.7 Å². The Morgan fingerprint density at radius 3 is 3.08 bits per heavy atom. The molecule has 0 aliphatic rings. The maximum absolute atomic E-state index is 4.92. The Labute approximate surface area is 78.7 Å². The van der Waals surface area contributed by atoms with E-state index in [1.807, 2.05) is 6.20 Å². The van der Waals surface area contributed by atoms with Crippen LogP contribution in [0.5, 0.6) is 0 Å². The Morgan fingerprint density at radius 1 is 1.62 bits per heavy atom. The van der Waals surface area contributed by atoms with Gasteiger partial charge in [0.05, 0.1) is 6.61 Å². The lowest BCUT2D eigenvalue weighted by Gasteiger charge is -2.00. The van der Waals surface area contributed by atoms with Crippen LogP contribution in [0.1, 0.15) is 18.4 Å². The van der Waals surface area contributed by atoms with Crippen LogP contribution in [0.3, 0.4) is 0 Å². The van der Waals surface area contributed by atoms with Gasteiger partial charge in [-0.3, -0.25) is 0 Å². The summed E-state index contributed by atoms with van der Waals surface area (Å²) in [6, 6.07) is 0. The van der Waals surface area contributed by atoms with E-state index in [0.29, 0.717) is 0 Å². The van der Waals surface area contributed by atoms with E-state index in [1.165, 1.54) is 0 Å². The first-order valence-corrected chi connectivity index (χ1v) is 4.59. The van der Waals surface area contributed by atoms with Gasteiger partial charge in [0.1, 0.15) is 5.82 Å². The van der Waals surface area contributed by atoms with Gasteiger partial charge < -0.3 is 15.0 Å². The van der Waals surface area contributed by atoms with Crippen molar-refractivity contribution in [3.63, 3.8) is 0 Å². The molecule has 0 aliphatic carbocycles. The first-order valence-electron chi connectivity index (χ1n) is 4.59. The summed E-state index contributed by atoms with van der Waals surface area (Å²) in [6.07, 6.45) is 2.83. The third-order valence-corrected chi connectivity index (χ3v) is 1.81. The number of ether oxygens (including phenoxy) is 1. The predicted octanol–water partition coefficient (Wildman–Crippen LogP) is 0.708. The smallest absolute Gasteiger partial charge is 0.105 e. The number of aromatic nitrogens is 2. The highest BCUT2D eigenvalue weighted by molar-refractivity contribution is 5.00. The minimum Gasteiger partial charge on any atom is -0.383 e. The van der Waals surface area contributed by atoms with E-state index in [0.717, 1.165) is 37.6 Å². The summed E-state index contributed by atoms with van der Waals surface area (Å²) in [4.78, 5) is 7.43. The summed E-state index contributed by atoms with van der Waals surface area (Å²) >= 11 is 0. The zero-order chi connectivity index (χ0) is 9.52. The Balaban J connectivity index is 2.20. The molecule has 0 saturated heterocycles. The maximum Gasteiger partial charge on any atom is 0.105 e. The molecule has 1 rings (SSSR count). The zero-order valence-corrected chi connectivity index (χ0v) is 8.26. The molecular formula is C9H17N3O. The molecule has 0 aromatic carbocycles. The largest absolute Gasteiger partial charge is 0.383 e. The van der Waals surface area contributed by atoms with Gasteiger partial charge in [-0.05, 0) is 0 Å². The second-order valence-corrected chi connectivity index (χ2v) is 2.88. The molecule has 0 saturated carbocycles. The quantitative estimate of drug-likeness (QED) is 0.638. The summed E-state index contributed by atoms with van der Waals surface area (Å²) in [5.74, 6) is 1.04. The van der Waals surface area contributed by atoms with E-state index in [4.69, 9.17) is 4.74 Å². The molecule has 1 aromatic rings. The van der Waals surface area contributed by atoms with Gasteiger partial charge in [0.25, 0.3) is 0 Å². The first-order chi connectivity index (χ1) is 6.36. The van der Waals surface area contributed by atoms with Crippen LogP contribution in [0.25, 0.3) is 0 Å². The van der Waals surface area contributed by atoms with Gasteiger partial charge in [-0.1, -0.05) is 6.92 Å². The van der Waals surface area contributed by atoms with Gasteiger partial charge in [0, 0.05) is 38.5 Å². The van der Waals surface area contributed by atoms with E-state index in [2.05, 4.69) is 22.2 Å². The van der Waals surface area contributed by atoms with Gasteiger partial charge in [-0.25, -0.2) is 4.98 Å². The van der Waals surface area contributed by atoms with E-state index in [9.17, 15) is 0 Å². The van der Waals surface area contributed by atoms with E-state index >= 15 is 0 Å². The second-order valence-electron chi connectivity index (χ2n) is 2.88. The lowest BCUT2D eigenvalue weighted by atomic mass is 10.4. The fraction of sp³-hybridized carbons (Fsp3) is 0.667. The van der Waals surface area contributed by atoms with Crippen LogP contribution in [-0.2, 0) is 17.7 Å². The molecule has 0 amide bonds. The average Bonchev–Trinajstić information content (AvgIpc) is 2.60. The zero-order valence-electron chi connectivity index (χ0n) is 8.26. The van der Waals surface area contributed by atoms with Crippen molar-refractivity contribution in [3.8, 4) is 0 Å². The summed E-state index contributed by atoms with van der Waals surface area (Å²) in [5, 5.41) is 3.24. The van der Waals surface area contributed by atoms with Crippen LogP contribution in [0.15, 0.2) is 6.20 Å². The lowest BCUT2D eigenvalue weighted by Crippen LogP contribution is -2.18. The van der Waals surface area contributed by atoms with Gasteiger partial charge in [-0.2, -0.15) is 0 Å². The predicted molar refractivity (Wildman–Crippen MR) is 51.5 cm³/mol. The van der Waals surface area contributed by atoms with Crippen molar-refractivity contribution in [2.75, 3.05) is 20.3 Å². The summed E-state index contributed by atoms with van der Waals surface area (Å²) < 4.78 is 4.92. The number of aryl methyl sites for hydroxylation is 1. The van der Waals surface area contributed by atoms with Crippen molar-refractivity contribution in [2.45, 2.75) is 19.9 Å². The fourth-order valence-corrected chi connectivity index (χ4v) is 1.07. The van der Waals surface area contributed by atoms with E-state index < -0.39 is 0 Å².